The lowest BCUT2D eigenvalue weighted by molar-refractivity contribution is -0.121. The van der Waals surface area contributed by atoms with Crippen LogP contribution in [0.5, 0.6) is 5.75 Å². The molecule has 2 aromatic heterocycles. The molecular formula is C20H19N5O4. The average Bonchev–Trinajstić information content (AvgIpc) is 3.17. The molecule has 1 aliphatic heterocycles. The van der Waals surface area contributed by atoms with Crippen LogP contribution in [0.3, 0.4) is 0 Å². The van der Waals surface area contributed by atoms with Crippen LogP contribution < -0.4 is 15.0 Å². The summed E-state index contributed by atoms with van der Waals surface area (Å²) in [5, 5.41) is 10.1. The zero-order valence-corrected chi connectivity index (χ0v) is 15.4. The summed E-state index contributed by atoms with van der Waals surface area (Å²) in [6, 6.07) is 11.1. The van der Waals surface area contributed by atoms with Gasteiger partial charge in [0.1, 0.15) is 12.1 Å². The number of amides is 2. The lowest BCUT2D eigenvalue weighted by Crippen LogP contribution is -2.53. The number of fused-ring (bicyclic) bond motifs is 1. The molecule has 3 aromatic rings. The summed E-state index contributed by atoms with van der Waals surface area (Å²) in [6.07, 6.45) is 0.787. The molecule has 0 bridgehead atoms. The van der Waals surface area contributed by atoms with Crippen LogP contribution >= 0.6 is 0 Å². The van der Waals surface area contributed by atoms with Crippen LogP contribution in [0.4, 0.5) is 5.82 Å². The van der Waals surface area contributed by atoms with Crippen molar-refractivity contribution in [1.82, 2.24) is 20.5 Å². The van der Waals surface area contributed by atoms with Crippen LogP contribution in [-0.4, -0.2) is 46.1 Å². The maximum Gasteiger partial charge on any atom is 0.309 e. The fourth-order valence-corrected chi connectivity index (χ4v) is 2.92. The predicted octanol–water partition coefficient (Wildman–Crippen LogP) is 1.60. The maximum absolute atomic E-state index is 13.1. The van der Waals surface area contributed by atoms with E-state index in [-0.39, 0.29) is 23.3 Å². The van der Waals surface area contributed by atoms with E-state index in [4.69, 9.17) is 13.3 Å². The highest BCUT2D eigenvalue weighted by Gasteiger charge is 2.37. The zero-order chi connectivity index (χ0) is 22.9. The van der Waals surface area contributed by atoms with Gasteiger partial charge < -0.3 is 14.5 Å². The number of ether oxygens (including phenoxy) is 1. The molecule has 0 radical (unpaired) electrons. The number of hydrogen-bond acceptors (Lipinski definition) is 7. The summed E-state index contributed by atoms with van der Waals surface area (Å²) in [5.41, 5.74) is 0.919. The first-order chi connectivity index (χ1) is 15.2. The third kappa shape index (κ3) is 3.79. The molecule has 1 aromatic carbocycles. The van der Waals surface area contributed by atoms with E-state index >= 15 is 0 Å². The Bertz CT molecular complexity index is 1140. The molecule has 0 saturated carbocycles. The summed E-state index contributed by atoms with van der Waals surface area (Å²) in [7, 11) is 0. The topological polar surface area (TPSA) is 110 Å². The maximum atomic E-state index is 13.1. The van der Waals surface area contributed by atoms with Crippen molar-refractivity contribution in [3.63, 3.8) is 0 Å². The van der Waals surface area contributed by atoms with Gasteiger partial charge in [-0.2, -0.15) is 0 Å². The number of pyridine rings is 1. The summed E-state index contributed by atoms with van der Waals surface area (Å²) in [6.45, 7) is -1.30. The number of likely N-dealkylation sites (N-methyl/N-ethyl adjacent to an activating group) is 1. The van der Waals surface area contributed by atoms with Crippen LogP contribution in [-0.2, 0) is 11.2 Å². The Morgan fingerprint density at radius 1 is 1.24 bits per heavy atom. The van der Waals surface area contributed by atoms with Gasteiger partial charge >= 0.3 is 11.8 Å². The lowest BCUT2D eigenvalue weighted by atomic mass is 10.1. The second-order valence-corrected chi connectivity index (χ2v) is 6.44. The van der Waals surface area contributed by atoms with Gasteiger partial charge in [-0.1, -0.05) is 30.3 Å². The van der Waals surface area contributed by atoms with Crippen molar-refractivity contribution < 1.29 is 22.9 Å². The van der Waals surface area contributed by atoms with E-state index in [0.717, 1.165) is 5.56 Å². The molecule has 9 nitrogen and oxygen atoms in total. The number of carbonyl (C=O) groups is 2. The molecule has 148 valence electrons. The Labute approximate surface area is 170 Å². The van der Waals surface area contributed by atoms with E-state index in [9.17, 15) is 9.59 Å². The monoisotopic (exact) mass is 396 g/mol. The Morgan fingerprint density at radius 2 is 2.07 bits per heavy atom. The first-order valence-corrected chi connectivity index (χ1v) is 8.87. The number of anilines is 1. The first-order valence-electron chi connectivity index (χ1n) is 10.4. The second kappa shape index (κ2) is 7.70. The molecule has 0 spiro atoms. The Morgan fingerprint density at radius 3 is 2.86 bits per heavy atom. The van der Waals surface area contributed by atoms with Crippen molar-refractivity contribution in [3.05, 3.63) is 66.0 Å². The molecule has 2 atom stereocenters. The van der Waals surface area contributed by atoms with Crippen LogP contribution in [0.2, 0.25) is 0 Å². The fraction of sp³-hybridized carbons (Fsp3) is 0.250. The minimum absolute atomic E-state index is 0.115. The third-order valence-corrected chi connectivity index (χ3v) is 4.38. The minimum Gasteiger partial charge on any atom is -0.484 e. The average molecular weight is 396 g/mol. The first kappa shape index (κ1) is 15.2. The Kier molecular flexibility index (Phi) is 4.04. The summed E-state index contributed by atoms with van der Waals surface area (Å²) in [4.78, 5) is 30.4. The molecule has 0 fully saturated rings. The molecule has 0 unspecified atom stereocenters. The van der Waals surface area contributed by atoms with Gasteiger partial charge in [0.05, 0.1) is 6.42 Å². The second-order valence-electron chi connectivity index (χ2n) is 6.44. The van der Waals surface area contributed by atoms with Crippen LogP contribution in [0, 0.1) is 0 Å². The predicted molar refractivity (Wildman–Crippen MR) is 103 cm³/mol. The summed E-state index contributed by atoms with van der Waals surface area (Å²) >= 11 is 0. The quantitative estimate of drug-likeness (QED) is 0.713. The highest BCUT2D eigenvalue weighted by Crippen LogP contribution is 2.29. The smallest absolute Gasteiger partial charge is 0.309 e. The SMILES string of the molecule is [2H]C([2H])([2H])N1C(=O)[C@@H](NC(=O)c2nnc(Cc3ccccc3)o2)[C@@H](C)Oc2cccnc21. The minimum atomic E-state index is -2.84. The van der Waals surface area contributed by atoms with E-state index in [1.807, 2.05) is 30.3 Å². The van der Waals surface area contributed by atoms with Gasteiger partial charge in [0.2, 0.25) is 5.89 Å². The van der Waals surface area contributed by atoms with Crippen LogP contribution in [0.1, 0.15) is 33.2 Å². The van der Waals surface area contributed by atoms with E-state index in [0.29, 0.717) is 11.3 Å². The number of rotatable bonds is 4. The van der Waals surface area contributed by atoms with Crippen molar-refractivity contribution >= 4 is 17.6 Å². The molecule has 1 aliphatic rings. The highest BCUT2D eigenvalue weighted by atomic mass is 16.5. The zero-order valence-electron chi connectivity index (χ0n) is 18.4. The Hall–Kier alpha value is -3.75. The Balaban J connectivity index is 1.56. The molecule has 29 heavy (non-hydrogen) atoms. The van der Waals surface area contributed by atoms with E-state index in [1.54, 1.807) is 6.07 Å². The number of benzene rings is 1. The van der Waals surface area contributed by atoms with Gasteiger partial charge in [0, 0.05) is 17.3 Å². The van der Waals surface area contributed by atoms with Crippen molar-refractivity contribution in [1.29, 1.82) is 0 Å². The van der Waals surface area contributed by atoms with Crippen molar-refractivity contribution in [2.75, 3.05) is 11.9 Å². The molecule has 4 rings (SSSR count). The molecule has 0 saturated heterocycles. The molecule has 3 heterocycles. The number of aromatic nitrogens is 3. The standard InChI is InChI=1S/C20H19N5O4/c1-12-16(20(27)25(2)17-14(28-12)9-6-10-21-17)22-18(26)19-24-23-15(29-19)11-13-7-4-3-5-8-13/h3-10,12,16H,11H2,1-2H3,(H,22,26)/t12-,16+/m1/s1/i2D3. The number of hydrogen-bond donors (Lipinski definition) is 1. The van der Waals surface area contributed by atoms with Crippen molar-refractivity contribution in [2.45, 2.75) is 25.5 Å². The summed E-state index contributed by atoms with van der Waals surface area (Å²) < 4.78 is 34.5. The van der Waals surface area contributed by atoms with Gasteiger partial charge in [0.15, 0.2) is 11.6 Å². The lowest BCUT2D eigenvalue weighted by Gasteiger charge is -2.22. The third-order valence-electron chi connectivity index (χ3n) is 4.38. The molecule has 9 heteroatoms. The number of nitrogens with zero attached hydrogens (tertiary/aromatic N) is 4. The largest absolute Gasteiger partial charge is 0.484 e. The molecular weight excluding hydrogens is 374 g/mol. The molecule has 1 N–H and O–H groups in total. The van der Waals surface area contributed by atoms with E-state index in [2.05, 4.69) is 20.5 Å². The van der Waals surface area contributed by atoms with Crippen LogP contribution in [0.25, 0.3) is 0 Å². The number of carbonyl (C=O) groups excluding carboxylic acids is 2. The van der Waals surface area contributed by atoms with Gasteiger partial charge in [0.25, 0.3) is 5.91 Å². The summed E-state index contributed by atoms with van der Waals surface area (Å²) in [5.74, 6) is -1.88. The molecule has 0 aliphatic carbocycles. The van der Waals surface area contributed by atoms with Gasteiger partial charge in [-0.25, -0.2) is 4.98 Å². The van der Waals surface area contributed by atoms with Crippen molar-refractivity contribution in [2.24, 2.45) is 0 Å². The van der Waals surface area contributed by atoms with Gasteiger partial charge in [-0.05, 0) is 24.6 Å². The normalized spacial score (nSPS) is 20.5. The van der Waals surface area contributed by atoms with E-state index < -0.39 is 30.9 Å². The van der Waals surface area contributed by atoms with Gasteiger partial charge in [-0.3, -0.25) is 14.5 Å². The van der Waals surface area contributed by atoms with Crippen LogP contribution in [0.15, 0.2) is 53.1 Å². The van der Waals surface area contributed by atoms with Crippen molar-refractivity contribution in [3.8, 4) is 5.75 Å². The van der Waals surface area contributed by atoms with E-state index in [1.165, 1.54) is 19.2 Å². The number of nitrogens with one attached hydrogen (secondary N) is 1. The molecule has 2 amide bonds. The van der Waals surface area contributed by atoms with Gasteiger partial charge in [-0.15, -0.1) is 10.2 Å². The fourth-order valence-electron chi connectivity index (χ4n) is 2.92. The highest BCUT2D eigenvalue weighted by molar-refractivity contribution is 6.01.